The van der Waals surface area contributed by atoms with Crippen LogP contribution in [0.1, 0.15) is 36.1 Å². The van der Waals surface area contributed by atoms with Gasteiger partial charge in [0.25, 0.3) is 0 Å². The van der Waals surface area contributed by atoms with Gasteiger partial charge in [-0.25, -0.2) is 0 Å². The molecule has 0 aliphatic heterocycles. The summed E-state index contributed by atoms with van der Waals surface area (Å²) >= 11 is 0. The first-order valence-corrected chi connectivity index (χ1v) is 7.82. The van der Waals surface area contributed by atoms with E-state index in [1.165, 1.54) is 16.7 Å². The molecular formula is C19H23NO. The molecular weight excluding hydrogens is 258 g/mol. The van der Waals surface area contributed by atoms with Crippen LogP contribution in [0.3, 0.4) is 0 Å². The zero-order chi connectivity index (χ0) is 14.7. The van der Waals surface area contributed by atoms with Gasteiger partial charge in [0.1, 0.15) is 11.9 Å². The van der Waals surface area contributed by atoms with Gasteiger partial charge in [-0.05, 0) is 43.1 Å². The van der Waals surface area contributed by atoms with Gasteiger partial charge in [-0.1, -0.05) is 48.9 Å². The van der Waals surface area contributed by atoms with Crippen molar-refractivity contribution in [3.8, 4) is 5.75 Å². The summed E-state index contributed by atoms with van der Waals surface area (Å²) in [5.41, 5.74) is 4.06. The van der Waals surface area contributed by atoms with Crippen LogP contribution in [0.2, 0.25) is 0 Å². The minimum absolute atomic E-state index is 0.177. The van der Waals surface area contributed by atoms with Gasteiger partial charge >= 0.3 is 0 Å². The molecule has 110 valence electrons. The second-order valence-corrected chi connectivity index (χ2v) is 5.80. The van der Waals surface area contributed by atoms with Gasteiger partial charge in [0.15, 0.2) is 0 Å². The first-order valence-electron chi connectivity index (χ1n) is 7.82. The fourth-order valence-electron chi connectivity index (χ4n) is 3.00. The maximum absolute atomic E-state index is 6.26. The van der Waals surface area contributed by atoms with Crippen LogP contribution in [-0.4, -0.2) is 12.6 Å². The molecule has 0 saturated carbocycles. The summed E-state index contributed by atoms with van der Waals surface area (Å²) in [5.74, 6) is 0.960. The highest BCUT2D eigenvalue weighted by Crippen LogP contribution is 2.34. The lowest BCUT2D eigenvalue weighted by Crippen LogP contribution is -2.33. The van der Waals surface area contributed by atoms with Gasteiger partial charge in [0, 0.05) is 6.42 Å². The highest BCUT2D eigenvalue weighted by atomic mass is 16.5. The molecule has 0 radical (unpaired) electrons. The molecule has 2 unspecified atom stereocenters. The smallest absolute Gasteiger partial charge is 0.122 e. The predicted octanol–water partition coefficient (Wildman–Crippen LogP) is 4.04. The Labute approximate surface area is 127 Å². The molecule has 21 heavy (non-hydrogen) atoms. The van der Waals surface area contributed by atoms with E-state index in [9.17, 15) is 0 Å². The maximum atomic E-state index is 6.26. The number of hydrogen-bond acceptors (Lipinski definition) is 2. The molecule has 1 aliphatic carbocycles. The second-order valence-electron chi connectivity index (χ2n) is 5.80. The van der Waals surface area contributed by atoms with Crippen molar-refractivity contribution in [3.63, 3.8) is 0 Å². The van der Waals surface area contributed by atoms with Crippen molar-refractivity contribution in [1.82, 2.24) is 5.32 Å². The van der Waals surface area contributed by atoms with Gasteiger partial charge < -0.3 is 10.1 Å². The molecule has 3 rings (SSSR count). The number of ether oxygens (including phenoxy) is 1. The molecule has 0 heterocycles. The summed E-state index contributed by atoms with van der Waals surface area (Å²) in [6.45, 7) is 5.32. The lowest BCUT2D eigenvalue weighted by molar-refractivity contribution is 0.167. The van der Waals surface area contributed by atoms with E-state index in [1.54, 1.807) is 0 Å². The summed E-state index contributed by atoms with van der Waals surface area (Å²) in [5, 5.41) is 3.64. The standard InChI is InChI=1S/C19H23NO/c1-3-12-20-19-17-7-5-4-6-15(17)13-18(19)21-16-10-8-14(2)9-11-16/h4-11,18-20H,3,12-13H2,1-2H3. The quantitative estimate of drug-likeness (QED) is 0.893. The van der Waals surface area contributed by atoms with Gasteiger partial charge in [-0.15, -0.1) is 0 Å². The molecule has 2 nitrogen and oxygen atoms in total. The highest BCUT2D eigenvalue weighted by Gasteiger charge is 2.33. The largest absolute Gasteiger partial charge is 0.488 e. The van der Waals surface area contributed by atoms with Crippen LogP contribution in [0.4, 0.5) is 0 Å². The zero-order valence-electron chi connectivity index (χ0n) is 12.8. The highest BCUT2D eigenvalue weighted by molar-refractivity contribution is 5.37. The van der Waals surface area contributed by atoms with Crippen LogP contribution in [0.5, 0.6) is 5.75 Å². The normalized spacial score (nSPS) is 20.3. The van der Waals surface area contributed by atoms with E-state index in [-0.39, 0.29) is 6.10 Å². The Kier molecular flexibility index (Phi) is 4.26. The SMILES string of the molecule is CCCNC1c2ccccc2CC1Oc1ccc(C)cc1. The number of benzene rings is 2. The number of hydrogen-bond donors (Lipinski definition) is 1. The van der Waals surface area contributed by atoms with Gasteiger partial charge in [0.2, 0.25) is 0 Å². The van der Waals surface area contributed by atoms with Gasteiger partial charge in [-0.2, -0.15) is 0 Å². The Balaban J connectivity index is 1.79. The minimum atomic E-state index is 0.177. The summed E-state index contributed by atoms with van der Waals surface area (Å²) in [4.78, 5) is 0. The molecule has 1 aliphatic rings. The van der Waals surface area contributed by atoms with Crippen LogP contribution in [0.15, 0.2) is 48.5 Å². The Morgan fingerprint density at radius 2 is 1.86 bits per heavy atom. The van der Waals surface area contributed by atoms with Crippen molar-refractivity contribution in [2.24, 2.45) is 0 Å². The van der Waals surface area contributed by atoms with Gasteiger partial charge in [-0.3, -0.25) is 0 Å². The van der Waals surface area contributed by atoms with Crippen LogP contribution in [-0.2, 0) is 6.42 Å². The van der Waals surface area contributed by atoms with E-state index < -0.39 is 0 Å². The van der Waals surface area contributed by atoms with Crippen molar-refractivity contribution in [3.05, 3.63) is 65.2 Å². The number of nitrogens with one attached hydrogen (secondary N) is 1. The van der Waals surface area contributed by atoms with Crippen LogP contribution < -0.4 is 10.1 Å². The first kappa shape index (κ1) is 14.2. The Hall–Kier alpha value is -1.80. The predicted molar refractivity (Wildman–Crippen MR) is 86.8 cm³/mol. The third kappa shape index (κ3) is 3.11. The Morgan fingerprint density at radius 3 is 2.62 bits per heavy atom. The van der Waals surface area contributed by atoms with E-state index >= 15 is 0 Å². The average Bonchev–Trinajstić information content (AvgIpc) is 2.85. The zero-order valence-corrected chi connectivity index (χ0v) is 12.8. The molecule has 0 spiro atoms. The average molecular weight is 281 g/mol. The molecule has 2 aromatic rings. The Bertz CT molecular complexity index is 591. The lowest BCUT2D eigenvalue weighted by atomic mass is 10.1. The lowest BCUT2D eigenvalue weighted by Gasteiger charge is -2.23. The van der Waals surface area contributed by atoms with Crippen LogP contribution >= 0.6 is 0 Å². The van der Waals surface area contributed by atoms with Crippen molar-refractivity contribution in [1.29, 1.82) is 0 Å². The summed E-state index contributed by atoms with van der Waals surface area (Å²) < 4.78 is 6.26. The van der Waals surface area contributed by atoms with E-state index in [0.29, 0.717) is 6.04 Å². The van der Waals surface area contributed by atoms with Crippen molar-refractivity contribution in [2.75, 3.05) is 6.54 Å². The van der Waals surface area contributed by atoms with E-state index in [0.717, 1.165) is 25.1 Å². The first-order chi connectivity index (χ1) is 10.3. The number of aryl methyl sites for hydroxylation is 1. The molecule has 0 bridgehead atoms. The monoisotopic (exact) mass is 281 g/mol. The molecule has 1 N–H and O–H groups in total. The topological polar surface area (TPSA) is 21.3 Å². The summed E-state index contributed by atoms with van der Waals surface area (Å²) in [6, 6.07) is 17.3. The second kappa shape index (κ2) is 6.31. The number of fused-ring (bicyclic) bond motifs is 1. The van der Waals surface area contributed by atoms with E-state index in [2.05, 4.69) is 67.7 Å². The van der Waals surface area contributed by atoms with Crippen LogP contribution in [0.25, 0.3) is 0 Å². The van der Waals surface area contributed by atoms with Crippen molar-refractivity contribution in [2.45, 2.75) is 38.8 Å². The maximum Gasteiger partial charge on any atom is 0.122 e. The number of rotatable bonds is 5. The van der Waals surface area contributed by atoms with E-state index in [4.69, 9.17) is 4.74 Å². The fourth-order valence-corrected chi connectivity index (χ4v) is 3.00. The van der Waals surface area contributed by atoms with Crippen LogP contribution in [0, 0.1) is 6.92 Å². The van der Waals surface area contributed by atoms with Crippen molar-refractivity contribution >= 4 is 0 Å². The summed E-state index contributed by atoms with van der Waals surface area (Å²) in [6.07, 6.45) is 2.29. The molecule has 0 saturated heterocycles. The van der Waals surface area contributed by atoms with Crippen molar-refractivity contribution < 1.29 is 4.74 Å². The minimum Gasteiger partial charge on any atom is -0.488 e. The fraction of sp³-hybridized carbons (Fsp3) is 0.368. The summed E-state index contributed by atoms with van der Waals surface area (Å²) in [7, 11) is 0. The third-order valence-electron chi connectivity index (χ3n) is 4.11. The molecule has 2 atom stereocenters. The Morgan fingerprint density at radius 1 is 1.10 bits per heavy atom. The third-order valence-corrected chi connectivity index (χ3v) is 4.11. The van der Waals surface area contributed by atoms with Gasteiger partial charge in [0.05, 0.1) is 6.04 Å². The molecule has 2 heteroatoms. The molecule has 2 aromatic carbocycles. The molecule has 0 amide bonds. The molecule has 0 fully saturated rings. The molecule has 0 aromatic heterocycles. The van der Waals surface area contributed by atoms with E-state index in [1.807, 2.05) is 0 Å².